The molecule has 1 aromatic carbocycles. The van der Waals surface area contributed by atoms with Crippen LogP contribution in [-0.4, -0.2) is 22.3 Å². The van der Waals surface area contributed by atoms with Crippen LogP contribution >= 0.6 is 0 Å². The van der Waals surface area contributed by atoms with Gasteiger partial charge in [0.25, 0.3) is 5.91 Å². The van der Waals surface area contributed by atoms with Crippen molar-refractivity contribution in [2.75, 3.05) is 12.3 Å². The van der Waals surface area contributed by atoms with Crippen LogP contribution in [0.1, 0.15) is 23.0 Å². The number of hydrogen-bond acceptors (Lipinski definition) is 3. The molecular formula is C15H16FN3O. The van der Waals surface area contributed by atoms with E-state index in [2.05, 4.69) is 4.98 Å². The smallest absolute Gasteiger partial charge is 0.272 e. The van der Waals surface area contributed by atoms with Crippen molar-refractivity contribution in [3.8, 4) is 0 Å². The first-order valence-corrected chi connectivity index (χ1v) is 6.35. The number of halogens is 1. The van der Waals surface area contributed by atoms with E-state index in [4.69, 9.17) is 5.73 Å². The van der Waals surface area contributed by atoms with Gasteiger partial charge < -0.3 is 10.6 Å². The van der Waals surface area contributed by atoms with Gasteiger partial charge in [0.2, 0.25) is 0 Å². The third-order valence-electron chi connectivity index (χ3n) is 2.94. The van der Waals surface area contributed by atoms with Crippen molar-refractivity contribution in [2.24, 2.45) is 0 Å². The van der Waals surface area contributed by atoms with Gasteiger partial charge in [0.15, 0.2) is 0 Å². The molecule has 104 valence electrons. The number of carbonyl (C=O) groups is 1. The van der Waals surface area contributed by atoms with Crippen LogP contribution in [0, 0.1) is 5.82 Å². The molecule has 5 heteroatoms. The van der Waals surface area contributed by atoms with Gasteiger partial charge in [-0.15, -0.1) is 0 Å². The maximum absolute atomic E-state index is 12.8. The first-order chi connectivity index (χ1) is 9.60. The van der Waals surface area contributed by atoms with Crippen molar-refractivity contribution in [1.82, 2.24) is 9.88 Å². The normalized spacial score (nSPS) is 10.3. The van der Waals surface area contributed by atoms with Crippen LogP contribution in [0.15, 0.2) is 42.6 Å². The van der Waals surface area contributed by atoms with E-state index in [0.29, 0.717) is 18.8 Å². The first kappa shape index (κ1) is 14.0. The molecule has 0 bridgehead atoms. The lowest BCUT2D eigenvalue weighted by Gasteiger charge is -2.20. The molecule has 1 aromatic heterocycles. The predicted molar refractivity (Wildman–Crippen MR) is 75.5 cm³/mol. The van der Waals surface area contributed by atoms with Crippen molar-refractivity contribution in [2.45, 2.75) is 13.5 Å². The van der Waals surface area contributed by atoms with Crippen LogP contribution in [0.3, 0.4) is 0 Å². The number of nitrogens with zero attached hydrogens (tertiary/aromatic N) is 2. The van der Waals surface area contributed by atoms with Gasteiger partial charge in [-0.05, 0) is 36.8 Å². The number of nitrogen functional groups attached to an aromatic ring is 1. The van der Waals surface area contributed by atoms with Gasteiger partial charge in [-0.3, -0.25) is 4.79 Å². The van der Waals surface area contributed by atoms with Crippen LogP contribution in [-0.2, 0) is 6.54 Å². The summed E-state index contributed by atoms with van der Waals surface area (Å²) in [4.78, 5) is 17.7. The van der Waals surface area contributed by atoms with Crippen LogP contribution in [0.2, 0.25) is 0 Å². The average Bonchev–Trinajstić information content (AvgIpc) is 2.45. The highest BCUT2D eigenvalue weighted by Crippen LogP contribution is 2.12. The third-order valence-corrected chi connectivity index (χ3v) is 2.94. The summed E-state index contributed by atoms with van der Waals surface area (Å²) in [6.07, 6.45) is 1.04. The number of benzene rings is 1. The number of rotatable bonds is 4. The van der Waals surface area contributed by atoms with Gasteiger partial charge in [-0.25, -0.2) is 9.37 Å². The molecule has 1 amide bonds. The Morgan fingerprint density at radius 2 is 2.15 bits per heavy atom. The summed E-state index contributed by atoms with van der Waals surface area (Å²) >= 11 is 0. The predicted octanol–water partition coefficient (Wildman–Crippen LogP) is 2.47. The van der Waals surface area contributed by atoms with E-state index < -0.39 is 5.82 Å². The van der Waals surface area contributed by atoms with Crippen molar-refractivity contribution in [3.63, 3.8) is 0 Å². The van der Waals surface area contributed by atoms with E-state index in [-0.39, 0.29) is 11.6 Å². The van der Waals surface area contributed by atoms with Crippen molar-refractivity contribution in [1.29, 1.82) is 0 Å². The molecule has 0 fully saturated rings. The second-order valence-corrected chi connectivity index (χ2v) is 4.43. The zero-order valence-corrected chi connectivity index (χ0v) is 11.2. The van der Waals surface area contributed by atoms with E-state index in [9.17, 15) is 9.18 Å². The molecule has 0 aliphatic carbocycles. The molecule has 0 saturated heterocycles. The minimum atomic E-state index is -0.458. The SMILES string of the molecule is CCN(Cc1cccc(N)c1)C(=O)c1ccc(F)cn1. The van der Waals surface area contributed by atoms with Gasteiger partial charge in [-0.2, -0.15) is 0 Å². The molecule has 0 atom stereocenters. The van der Waals surface area contributed by atoms with Gasteiger partial charge in [0.05, 0.1) is 6.20 Å². The van der Waals surface area contributed by atoms with E-state index in [1.54, 1.807) is 11.0 Å². The lowest BCUT2D eigenvalue weighted by atomic mass is 10.2. The van der Waals surface area contributed by atoms with E-state index in [0.717, 1.165) is 11.8 Å². The molecule has 0 saturated carbocycles. The number of hydrogen-bond donors (Lipinski definition) is 1. The molecule has 2 N–H and O–H groups in total. The fraction of sp³-hybridized carbons (Fsp3) is 0.200. The standard InChI is InChI=1S/C15H16FN3O/c1-2-19(10-11-4-3-5-13(17)8-11)15(20)14-7-6-12(16)9-18-14/h3-9H,2,10,17H2,1H3. The lowest BCUT2D eigenvalue weighted by molar-refractivity contribution is 0.0746. The number of anilines is 1. The van der Waals surface area contributed by atoms with Crippen LogP contribution < -0.4 is 5.73 Å². The molecule has 20 heavy (non-hydrogen) atoms. The molecule has 2 aromatic rings. The fourth-order valence-electron chi connectivity index (χ4n) is 1.90. The largest absolute Gasteiger partial charge is 0.399 e. The van der Waals surface area contributed by atoms with Gasteiger partial charge in [-0.1, -0.05) is 12.1 Å². The Morgan fingerprint density at radius 3 is 2.75 bits per heavy atom. The van der Waals surface area contributed by atoms with Crippen molar-refractivity contribution >= 4 is 11.6 Å². The summed E-state index contributed by atoms with van der Waals surface area (Å²) in [6, 6.07) is 9.99. The minimum absolute atomic E-state index is 0.227. The van der Waals surface area contributed by atoms with Crippen molar-refractivity contribution in [3.05, 3.63) is 59.7 Å². The van der Waals surface area contributed by atoms with Crippen molar-refractivity contribution < 1.29 is 9.18 Å². The fourth-order valence-corrected chi connectivity index (χ4v) is 1.90. The Bertz CT molecular complexity index is 598. The van der Waals surface area contributed by atoms with E-state index in [1.807, 2.05) is 25.1 Å². The number of aromatic nitrogens is 1. The van der Waals surface area contributed by atoms with E-state index >= 15 is 0 Å². The maximum Gasteiger partial charge on any atom is 0.272 e. The topological polar surface area (TPSA) is 59.2 Å². The molecule has 0 spiro atoms. The summed E-state index contributed by atoms with van der Waals surface area (Å²) in [5.74, 6) is -0.685. The summed E-state index contributed by atoms with van der Waals surface area (Å²) in [5.41, 5.74) is 7.56. The highest BCUT2D eigenvalue weighted by Gasteiger charge is 2.15. The first-order valence-electron chi connectivity index (χ1n) is 6.35. The average molecular weight is 273 g/mol. The zero-order valence-electron chi connectivity index (χ0n) is 11.2. The Kier molecular flexibility index (Phi) is 4.30. The summed E-state index contributed by atoms with van der Waals surface area (Å²) in [7, 11) is 0. The molecule has 0 radical (unpaired) electrons. The number of pyridine rings is 1. The molecular weight excluding hydrogens is 257 g/mol. The Balaban J connectivity index is 2.15. The van der Waals surface area contributed by atoms with Crippen LogP contribution in [0.25, 0.3) is 0 Å². The number of amides is 1. The molecule has 0 aliphatic heterocycles. The third kappa shape index (κ3) is 3.32. The van der Waals surface area contributed by atoms with Gasteiger partial charge in [0.1, 0.15) is 11.5 Å². The highest BCUT2D eigenvalue weighted by atomic mass is 19.1. The van der Waals surface area contributed by atoms with Crippen LogP contribution in [0.5, 0.6) is 0 Å². The molecule has 1 heterocycles. The molecule has 2 rings (SSSR count). The maximum atomic E-state index is 12.8. The highest BCUT2D eigenvalue weighted by molar-refractivity contribution is 5.92. The van der Waals surface area contributed by atoms with Gasteiger partial charge in [0, 0.05) is 18.8 Å². The summed E-state index contributed by atoms with van der Waals surface area (Å²) < 4.78 is 12.8. The van der Waals surface area contributed by atoms with Gasteiger partial charge >= 0.3 is 0 Å². The second-order valence-electron chi connectivity index (χ2n) is 4.43. The molecule has 0 aliphatic rings. The lowest BCUT2D eigenvalue weighted by Crippen LogP contribution is -2.31. The Morgan fingerprint density at radius 1 is 1.35 bits per heavy atom. The zero-order chi connectivity index (χ0) is 14.5. The molecule has 0 unspecified atom stereocenters. The minimum Gasteiger partial charge on any atom is -0.399 e. The van der Waals surface area contributed by atoms with E-state index in [1.165, 1.54) is 12.1 Å². The molecule has 4 nitrogen and oxygen atoms in total. The summed E-state index contributed by atoms with van der Waals surface area (Å²) in [5, 5.41) is 0. The quantitative estimate of drug-likeness (QED) is 0.870. The monoisotopic (exact) mass is 273 g/mol. The Labute approximate surface area is 117 Å². The number of nitrogens with two attached hydrogens (primary N) is 1. The van der Waals surface area contributed by atoms with Crippen LogP contribution in [0.4, 0.5) is 10.1 Å². The second kappa shape index (κ2) is 6.14. The number of carbonyl (C=O) groups excluding carboxylic acids is 1. The Hall–Kier alpha value is -2.43. The summed E-state index contributed by atoms with van der Waals surface area (Å²) in [6.45, 7) is 2.86.